The SMILES string of the molecule is CCC(O)Nc1cnc2ccccc2n1. The zero-order valence-corrected chi connectivity index (χ0v) is 8.51. The van der Waals surface area contributed by atoms with Crippen molar-refractivity contribution in [1.82, 2.24) is 9.97 Å². The molecule has 78 valence electrons. The Morgan fingerprint density at radius 1 is 1.33 bits per heavy atom. The van der Waals surface area contributed by atoms with Gasteiger partial charge >= 0.3 is 0 Å². The van der Waals surface area contributed by atoms with Crippen LogP contribution in [0.1, 0.15) is 13.3 Å². The van der Waals surface area contributed by atoms with E-state index in [1.807, 2.05) is 31.2 Å². The highest BCUT2D eigenvalue weighted by Gasteiger charge is 2.02. The Balaban J connectivity index is 2.30. The molecule has 0 saturated heterocycles. The molecular weight excluding hydrogens is 190 g/mol. The fourth-order valence-electron chi connectivity index (χ4n) is 1.30. The molecule has 0 saturated carbocycles. The van der Waals surface area contributed by atoms with Gasteiger partial charge in [0.05, 0.1) is 17.2 Å². The van der Waals surface area contributed by atoms with Crippen molar-refractivity contribution in [2.45, 2.75) is 19.6 Å². The van der Waals surface area contributed by atoms with E-state index in [1.165, 1.54) is 0 Å². The van der Waals surface area contributed by atoms with Crippen LogP contribution in [0.2, 0.25) is 0 Å². The zero-order chi connectivity index (χ0) is 10.7. The predicted octanol–water partition coefficient (Wildman–Crippen LogP) is 1.77. The highest BCUT2D eigenvalue weighted by Crippen LogP contribution is 2.11. The molecule has 0 aliphatic rings. The van der Waals surface area contributed by atoms with Gasteiger partial charge in [0, 0.05) is 0 Å². The first-order chi connectivity index (χ1) is 7.29. The van der Waals surface area contributed by atoms with Crippen molar-refractivity contribution < 1.29 is 5.11 Å². The monoisotopic (exact) mass is 203 g/mol. The van der Waals surface area contributed by atoms with E-state index < -0.39 is 6.23 Å². The van der Waals surface area contributed by atoms with Crippen LogP contribution in [0, 0.1) is 0 Å². The molecule has 15 heavy (non-hydrogen) atoms. The normalized spacial score (nSPS) is 12.7. The van der Waals surface area contributed by atoms with Crippen LogP contribution in [0.15, 0.2) is 30.5 Å². The highest BCUT2D eigenvalue weighted by atomic mass is 16.3. The standard InChI is InChI=1S/C11H13N3O/c1-2-11(15)14-10-7-12-8-5-3-4-6-9(8)13-10/h3-7,11,15H,2H2,1H3,(H,13,14). The molecule has 1 heterocycles. The summed E-state index contributed by atoms with van der Waals surface area (Å²) in [4.78, 5) is 8.56. The smallest absolute Gasteiger partial charge is 0.147 e. The molecule has 0 aliphatic carbocycles. The maximum absolute atomic E-state index is 9.40. The Morgan fingerprint density at radius 3 is 2.80 bits per heavy atom. The number of para-hydroxylation sites is 2. The summed E-state index contributed by atoms with van der Waals surface area (Å²) in [5.41, 5.74) is 1.68. The molecule has 1 unspecified atom stereocenters. The average Bonchev–Trinajstić information content (AvgIpc) is 2.29. The molecule has 1 atom stereocenters. The predicted molar refractivity (Wildman–Crippen MR) is 59.5 cm³/mol. The summed E-state index contributed by atoms with van der Waals surface area (Å²) in [6, 6.07) is 7.64. The first-order valence-corrected chi connectivity index (χ1v) is 4.96. The number of nitrogens with one attached hydrogen (secondary N) is 1. The van der Waals surface area contributed by atoms with Gasteiger partial charge in [0.1, 0.15) is 12.0 Å². The summed E-state index contributed by atoms with van der Waals surface area (Å²) in [5.74, 6) is 0.600. The van der Waals surface area contributed by atoms with Crippen LogP contribution >= 0.6 is 0 Å². The van der Waals surface area contributed by atoms with E-state index in [0.29, 0.717) is 12.2 Å². The van der Waals surface area contributed by atoms with Crippen molar-refractivity contribution in [2.24, 2.45) is 0 Å². The second-order valence-corrected chi connectivity index (χ2v) is 3.31. The molecule has 2 rings (SSSR count). The highest BCUT2D eigenvalue weighted by molar-refractivity contribution is 5.75. The van der Waals surface area contributed by atoms with Crippen LogP contribution in [-0.2, 0) is 0 Å². The van der Waals surface area contributed by atoms with Crippen molar-refractivity contribution in [1.29, 1.82) is 0 Å². The minimum Gasteiger partial charge on any atom is -0.374 e. The van der Waals surface area contributed by atoms with Gasteiger partial charge in [0.15, 0.2) is 0 Å². The number of aromatic nitrogens is 2. The fraction of sp³-hybridized carbons (Fsp3) is 0.273. The molecule has 4 nitrogen and oxygen atoms in total. The Bertz CT molecular complexity index is 458. The summed E-state index contributed by atoms with van der Waals surface area (Å²) in [5, 5.41) is 12.3. The molecule has 0 aliphatic heterocycles. The maximum atomic E-state index is 9.40. The number of aliphatic hydroxyl groups excluding tert-OH is 1. The van der Waals surface area contributed by atoms with Gasteiger partial charge in [-0.25, -0.2) is 4.98 Å². The van der Waals surface area contributed by atoms with Gasteiger partial charge in [-0.1, -0.05) is 19.1 Å². The van der Waals surface area contributed by atoms with Crippen molar-refractivity contribution in [2.75, 3.05) is 5.32 Å². The molecule has 1 aromatic carbocycles. The lowest BCUT2D eigenvalue weighted by molar-refractivity contribution is 0.199. The van der Waals surface area contributed by atoms with E-state index in [0.717, 1.165) is 11.0 Å². The number of anilines is 1. The molecule has 2 N–H and O–H groups in total. The fourth-order valence-corrected chi connectivity index (χ4v) is 1.30. The molecule has 0 spiro atoms. The summed E-state index contributed by atoms with van der Waals surface area (Å²) >= 11 is 0. The van der Waals surface area contributed by atoms with Crippen LogP contribution in [0.4, 0.5) is 5.82 Å². The number of hydrogen-bond acceptors (Lipinski definition) is 4. The maximum Gasteiger partial charge on any atom is 0.147 e. The number of nitrogens with zero attached hydrogens (tertiary/aromatic N) is 2. The van der Waals surface area contributed by atoms with Gasteiger partial charge in [0.2, 0.25) is 0 Å². The average molecular weight is 203 g/mol. The molecule has 2 aromatic rings. The van der Waals surface area contributed by atoms with Crippen molar-refractivity contribution in [3.8, 4) is 0 Å². The quantitative estimate of drug-likeness (QED) is 0.746. The summed E-state index contributed by atoms with van der Waals surface area (Å²) in [6.45, 7) is 1.89. The number of fused-ring (bicyclic) bond motifs is 1. The Labute approximate surface area is 88.0 Å². The second-order valence-electron chi connectivity index (χ2n) is 3.31. The Hall–Kier alpha value is -1.68. The van der Waals surface area contributed by atoms with Crippen LogP contribution in [0.5, 0.6) is 0 Å². The molecular formula is C11H13N3O. The summed E-state index contributed by atoms with van der Waals surface area (Å²) < 4.78 is 0. The third-order valence-corrected chi connectivity index (χ3v) is 2.15. The van der Waals surface area contributed by atoms with Crippen LogP contribution in [-0.4, -0.2) is 21.3 Å². The van der Waals surface area contributed by atoms with Crippen LogP contribution in [0.3, 0.4) is 0 Å². The third-order valence-electron chi connectivity index (χ3n) is 2.15. The molecule has 0 bridgehead atoms. The Morgan fingerprint density at radius 2 is 2.07 bits per heavy atom. The number of hydrogen-bond donors (Lipinski definition) is 2. The van der Waals surface area contributed by atoms with E-state index in [4.69, 9.17) is 0 Å². The van der Waals surface area contributed by atoms with Gasteiger partial charge in [-0.3, -0.25) is 4.98 Å². The lowest BCUT2D eigenvalue weighted by Crippen LogP contribution is -2.17. The van der Waals surface area contributed by atoms with Crippen molar-refractivity contribution >= 4 is 16.9 Å². The van der Waals surface area contributed by atoms with E-state index in [1.54, 1.807) is 6.20 Å². The number of rotatable bonds is 3. The van der Waals surface area contributed by atoms with E-state index in [9.17, 15) is 5.11 Å². The first kappa shape index (κ1) is 9.86. The lowest BCUT2D eigenvalue weighted by Gasteiger charge is -2.10. The van der Waals surface area contributed by atoms with Gasteiger partial charge in [-0.15, -0.1) is 0 Å². The molecule has 0 radical (unpaired) electrons. The van der Waals surface area contributed by atoms with Gasteiger partial charge < -0.3 is 10.4 Å². The van der Waals surface area contributed by atoms with Crippen LogP contribution in [0.25, 0.3) is 11.0 Å². The minimum atomic E-state index is -0.569. The van der Waals surface area contributed by atoms with E-state index in [-0.39, 0.29) is 0 Å². The topological polar surface area (TPSA) is 58.0 Å². The Kier molecular flexibility index (Phi) is 2.78. The molecule has 1 aromatic heterocycles. The molecule has 0 amide bonds. The largest absolute Gasteiger partial charge is 0.374 e. The van der Waals surface area contributed by atoms with Crippen LogP contribution < -0.4 is 5.32 Å². The van der Waals surface area contributed by atoms with E-state index >= 15 is 0 Å². The summed E-state index contributed by atoms with van der Waals surface area (Å²) in [7, 11) is 0. The van der Waals surface area contributed by atoms with E-state index in [2.05, 4.69) is 15.3 Å². The van der Waals surface area contributed by atoms with Gasteiger partial charge in [0.25, 0.3) is 0 Å². The van der Waals surface area contributed by atoms with Crippen molar-refractivity contribution in [3.05, 3.63) is 30.5 Å². The second kappa shape index (κ2) is 4.23. The third kappa shape index (κ3) is 2.22. The summed E-state index contributed by atoms with van der Waals surface area (Å²) in [6.07, 6.45) is 1.69. The number of benzene rings is 1. The lowest BCUT2D eigenvalue weighted by atomic mass is 10.3. The minimum absolute atomic E-state index is 0.569. The van der Waals surface area contributed by atoms with Gasteiger partial charge in [-0.05, 0) is 18.6 Å². The van der Waals surface area contributed by atoms with Crippen molar-refractivity contribution in [3.63, 3.8) is 0 Å². The number of aliphatic hydroxyl groups is 1. The molecule has 4 heteroatoms. The van der Waals surface area contributed by atoms with Gasteiger partial charge in [-0.2, -0.15) is 0 Å². The first-order valence-electron chi connectivity index (χ1n) is 4.96. The molecule has 0 fully saturated rings. The zero-order valence-electron chi connectivity index (χ0n) is 8.51.